The van der Waals surface area contributed by atoms with E-state index in [0.29, 0.717) is 16.5 Å². The highest BCUT2D eigenvalue weighted by Gasteiger charge is 2.25. The van der Waals surface area contributed by atoms with E-state index in [9.17, 15) is 9.18 Å². The highest BCUT2D eigenvalue weighted by molar-refractivity contribution is 6.07. The lowest BCUT2D eigenvalue weighted by atomic mass is 9.95. The van der Waals surface area contributed by atoms with Gasteiger partial charge in [-0.1, -0.05) is 31.4 Å². The molecule has 1 aliphatic carbocycles. The molecule has 1 fully saturated rings. The Morgan fingerprint density at radius 2 is 2.00 bits per heavy atom. The number of carbonyl (C=O) groups excluding carboxylic acids is 1. The van der Waals surface area contributed by atoms with E-state index < -0.39 is 5.91 Å². The van der Waals surface area contributed by atoms with Crippen molar-refractivity contribution in [1.82, 2.24) is 4.57 Å². The molecule has 0 spiro atoms. The number of para-hydroxylation sites is 1. The second kappa shape index (κ2) is 4.93. The molecular formula is C16H19FN2O. The third kappa shape index (κ3) is 1.90. The number of aromatic nitrogens is 1. The minimum atomic E-state index is -0.479. The molecule has 0 aliphatic heterocycles. The van der Waals surface area contributed by atoms with Crippen LogP contribution in [0.2, 0.25) is 0 Å². The molecule has 3 rings (SSSR count). The van der Waals surface area contributed by atoms with Crippen LogP contribution in [-0.4, -0.2) is 10.5 Å². The predicted octanol–water partition coefficient (Wildman–Crippen LogP) is 3.69. The Bertz CT molecular complexity index is 669. The zero-order valence-electron chi connectivity index (χ0n) is 11.7. The van der Waals surface area contributed by atoms with E-state index >= 15 is 0 Å². The van der Waals surface area contributed by atoms with Crippen LogP contribution >= 0.6 is 0 Å². The van der Waals surface area contributed by atoms with Crippen molar-refractivity contribution in [3.05, 3.63) is 35.3 Å². The third-order valence-electron chi connectivity index (χ3n) is 4.41. The number of carbonyl (C=O) groups is 1. The minimum Gasteiger partial charge on any atom is -0.366 e. The summed E-state index contributed by atoms with van der Waals surface area (Å²) in [5.41, 5.74) is 7.29. The van der Waals surface area contributed by atoms with Gasteiger partial charge in [-0.3, -0.25) is 4.79 Å². The zero-order chi connectivity index (χ0) is 14.3. The number of nitrogens with two attached hydrogens (primary N) is 1. The van der Waals surface area contributed by atoms with Crippen molar-refractivity contribution in [2.24, 2.45) is 5.73 Å². The predicted molar refractivity (Wildman–Crippen MR) is 77.3 cm³/mol. The Balaban J connectivity index is 2.29. The van der Waals surface area contributed by atoms with Crippen molar-refractivity contribution in [3.63, 3.8) is 0 Å². The number of benzene rings is 1. The van der Waals surface area contributed by atoms with E-state index in [0.717, 1.165) is 31.4 Å². The van der Waals surface area contributed by atoms with Crippen molar-refractivity contribution in [2.45, 2.75) is 45.1 Å². The molecule has 1 amide bonds. The fourth-order valence-corrected chi connectivity index (χ4v) is 3.55. The molecule has 0 unspecified atom stereocenters. The molecule has 2 aromatic rings. The lowest BCUT2D eigenvalue weighted by Crippen LogP contribution is -2.16. The van der Waals surface area contributed by atoms with E-state index in [1.54, 1.807) is 12.1 Å². The first-order chi connectivity index (χ1) is 9.61. The Labute approximate surface area is 117 Å². The first-order valence-corrected chi connectivity index (χ1v) is 7.20. The van der Waals surface area contributed by atoms with Crippen LogP contribution in [-0.2, 0) is 0 Å². The average Bonchev–Trinajstić information content (AvgIpc) is 2.73. The van der Waals surface area contributed by atoms with Gasteiger partial charge in [0.2, 0.25) is 0 Å². The van der Waals surface area contributed by atoms with E-state index in [1.807, 2.05) is 11.5 Å². The van der Waals surface area contributed by atoms with Gasteiger partial charge in [-0.25, -0.2) is 4.39 Å². The Hall–Kier alpha value is -1.84. The fraction of sp³-hybridized carbons (Fsp3) is 0.438. The standard InChI is InChI=1S/C16H19FN2O/c1-10-14(16(18)20)12-8-5-9-13(17)15(12)19(10)11-6-3-2-4-7-11/h5,8-9,11H,2-4,6-7H2,1H3,(H2,18,20). The van der Waals surface area contributed by atoms with Gasteiger partial charge in [0.15, 0.2) is 0 Å². The molecule has 0 radical (unpaired) electrons. The summed E-state index contributed by atoms with van der Waals surface area (Å²) >= 11 is 0. The molecule has 1 aromatic carbocycles. The normalized spacial score (nSPS) is 16.7. The summed E-state index contributed by atoms with van der Waals surface area (Å²) in [6.07, 6.45) is 5.63. The number of nitrogens with zero attached hydrogens (tertiary/aromatic N) is 1. The zero-order valence-corrected chi connectivity index (χ0v) is 11.7. The maximum Gasteiger partial charge on any atom is 0.251 e. The molecule has 0 bridgehead atoms. The molecule has 2 N–H and O–H groups in total. The van der Waals surface area contributed by atoms with Crippen molar-refractivity contribution < 1.29 is 9.18 Å². The highest BCUT2D eigenvalue weighted by Crippen LogP contribution is 2.36. The van der Waals surface area contributed by atoms with E-state index in [1.165, 1.54) is 12.5 Å². The SMILES string of the molecule is Cc1c(C(N)=O)c2cccc(F)c2n1C1CCCCC1. The summed E-state index contributed by atoms with van der Waals surface area (Å²) < 4.78 is 16.3. The van der Waals surface area contributed by atoms with E-state index in [2.05, 4.69) is 0 Å². The smallest absolute Gasteiger partial charge is 0.251 e. The molecule has 0 saturated heterocycles. The molecular weight excluding hydrogens is 255 g/mol. The van der Waals surface area contributed by atoms with Crippen LogP contribution in [0.3, 0.4) is 0 Å². The monoisotopic (exact) mass is 274 g/mol. The molecule has 1 heterocycles. The van der Waals surface area contributed by atoms with Gasteiger partial charge in [0, 0.05) is 17.1 Å². The minimum absolute atomic E-state index is 0.274. The summed E-state index contributed by atoms with van der Waals surface area (Å²) in [6.45, 7) is 1.87. The van der Waals surface area contributed by atoms with Crippen molar-refractivity contribution in [2.75, 3.05) is 0 Å². The van der Waals surface area contributed by atoms with Gasteiger partial charge in [-0.05, 0) is 25.8 Å². The molecule has 3 nitrogen and oxygen atoms in total. The Morgan fingerprint density at radius 1 is 1.30 bits per heavy atom. The van der Waals surface area contributed by atoms with Gasteiger partial charge in [0.25, 0.3) is 5.91 Å². The molecule has 1 aliphatic rings. The van der Waals surface area contributed by atoms with Crippen LogP contribution in [0.25, 0.3) is 10.9 Å². The maximum absolute atomic E-state index is 14.3. The molecule has 1 aromatic heterocycles. The lowest BCUT2D eigenvalue weighted by molar-refractivity contribution is 0.100. The summed E-state index contributed by atoms with van der Waals surface area (Å²) in [5, 5.41) is 0.639. The van der Waals surface area contributed by atoms with Gasteiger partial charge in [0.05, 0.1) is 11.1 Å². The number of hydrogen-bond acceptors (Lipinski definition) is 1. The number of halogens is 1. The summed E-state index contributed by atoms with van der Waals surface area (Å²) in [7, 11) is 0. The second-order valence-electron chi connectivity index (χ2n) is 5.62. The van der Waals surface area contributed by atoms with E-state index in [-0.39, 0.29) is 11.9 Å². The van der Waals surface area contributed by atoms with Gasteiger partial charge in [0.1, 0.15) is 5.82 Å². The number of hydrogen-bond donors (Lipinski definition) is 1. The topological polar surface area (TPSA) is 48.0 Å². The quantitative estimate of drug-likeness (QED) is 0.892. The average molecular weight is 274 g/mol. The lowest BCUT2D eigenvalue weighted by Gasteiger charge is -2.26. The van der Waals surface area contributed by atoms with Gasteiger partial charge in [-0.15, -0.1) is 0 Å². The first kappa shape index (κ1) is 13.2. The van der Waals surface area contributed by atoms with E-state index in [4.69, 9.17) is 5.73 Å². The third-order valence-corrected chi connectivity index (χ3v) is 4.41. The number of amides is 1. The Kier molecular flexibility index (Phi) is 3.24. The van der Waals surface area contributed by atoms with Crippen LogP contribution < -0.4 is 5.73 Å². The van der Waals surface area contributed by atoms with Crippen LogP contribution in [0.15, 0.2) is 18.2 Å². The van der Waals surface area contributed by atoms with Crippen molar-refractivity contribution in [1.29, 1.82) is 0 Å². The van der Waals surface area contributed by atoms with Crippen molar-refractivity contribution >= 4 is 16.8 Å². The Morgan fingerprint density at radius 3 is 2.65 bits per heavy atom. The van der Waals surface area contributed by atoms with Crippen LogP contribution in [0.5, 0.6) is 0 Å². The molecule has 0 atom stereocenters. The first-order valence-electron chi connectivity index (χ1n) is 7.20. The number of fused-ring (bicyclic) bond motifs is 1. The molecule has 4 heteroatoms. The van der Waals surface area contributed by atoms with Crippen LogP contribution in [0.1, 0.15) is 54.2 Å². The molecule has 106 valence electrons. The molecule has 20 heavy (non-hydrogen) atoms. The molecule has 1 saturated carbocycles. The summed E-state index contributed by atoms with van der Waals surface area (Å²) in [4.78, 5) is 11.7. The number of rotatable bonds is 2. The van der Waals surface area contributed by atoms with Crippen LogP contribution in [0.4, 0.5) is 4.39 Å². The van der Waals surface area contributed by atoms with Gasteiger partial charge < -0.3 is 10.3 Å². The summed E-state index contributed by atoms with van der Waals surface area (Å²) in [5.74, 6) is -0.753. The van der Waals surface area contributed by atoms with Crippen LogP contribution in [0, 0.1) is 12.7 Å². The summed E-state index contributed by atoms with van der Waals surface area (Å²) in [6, 6.07) is 5.14. The fourth-order valence-electron chi connectivity index (χ4n) is 3.55. The van der Waals surface area contributed by atoms with Gasteiger partial charge >= 0.3 is 0 Å². The highest BCUT2D eigenvalue weighted by atomic mass is 19.1. The van der Waals surface area contributed by atoms with Crippen molar-refractivity contribution in [3.8, 4) is 0 Å². The maximum atomic E-state index is 14.3. The van der Waals surface area contributed by atoms with Gasteiger partial charge in [-0.2, -0.15) is 0 Å². The largest absolute Gasteiger partial charge is 0.366 e. The number of primary amides is 1. The second-order valence-corrected chi connectivity index (χ2v) is 5.62.